The number of aliphatic hydroxyl groups is 1. The molecule has 24 heavy (non-hydrogen) atoms. The van der Waals surface area contributed by atoms with E-state index in [-0.39, 0.29) is 5.82 Å². The van der Waals surface area contributed by atoms with Crippen LogP contribution in [0.4, 0.5) is 4.39 Å². The zero-order valence-corrected chi connectivity index (χ0v) is 13.7. The Balaban J connectivity index is 2.18. The predicted octanol–water partition coefficient (Wildman–Crippen LogP) is 4.43. The molecule has 3 aromatic rings. The van der Waals surface area contributed by atoms with Crippen LogP contribution in [0.5, 0.6) is 5.75 Å². The summed E-state index contributed by atoms with van der Waals surface area (Å²) in [6.45, 7) is 1.99. The fourth-order valence-corrected chi connectivity index (χ4v) is 2.82. The molecule has 0 bridgehead atoms. The topological polar surface area (TPSA) is 29.5 Å². The maximum absolute atomic E-state index is 13.3. The summed E-state index contributed by atoms with van der Waals surface area (Å²) in [5.41, 5.74) is 1.77. The molecule has 0 aliphatic carbocycles. The van der Waals surface area contributed by atoms with E-state index in [0.29, 0.717) is 16.9 Å². The summed E-state index contributed by atoms with van der Waals surface area (Å²) in [7, 11) is 1.60. The van der Waals surface area contributed by atoms with Crippen LogP contribution in [0.1, 0.15) is 22.3 Å². The maximum atomic E-state index is 13.3. The highest BCUT2D eigenvalue weighted by Gasteiger charge is 2.33. The van der Waals surface area contributed by atoms with Gasteiger partial charge in [0.05, 0.1) is 7.11 Å². The molecule has 3 rings (SSSR count). The molecule has 0 amide bonds. The molecule has 0 aliphatic rings. The van der Waals surface area contributed by atoms with Crippen LogP contribution in [0.3, 0.4) is 0 Å². The molecule has 0 radical (unpaired) electrons. The largest absolute Gasteiger partial charge is 0.497 e. The van der Waals surface area contributed by atoms with Gasteiger partial charge in [0.25, 0.3) is 0 Å². The van der Waals surface area contributed by atoms with Crippen molar-refractivity contribution in [3.63, 3.8) is 0 Å². The second-order valence-corrected chi connectivity index (χ2v) is 5.81. The Morgan fingerprint density at radius 2 is 1.17 bits per heavy atom. The average molecular weight is 322 g/mol. The highest BCUT2D eigenvalue weighted by atomic mass is 19.1. The number of halogens is 1. The minimum atomic E-state index is -1.37. The lowest BCUT2D eigenvalue weighted by molar-refractivity contribution is 0.125. The first-order valence-electron chi connectivity index (χ1n) is 7.74. The number of hydrogen-bond acceptors (Lipinski definition) is 2. The molecule has 3 heteroatoms. The average Bonchev–Trinajstić information content (AvgIpc) is 2.62. The molecule has 0 unspecified atom stereocenters. The van der Waals surface area contributed by atoms with Gasteiger partial charge in [-0.15, -0.1) is 0 Å². The van der Waals surface area contributed by atoms with E-state index >= 15 is 0 Å². The van der Waals surface area contributed by atoms with Gasteiger partial charge in [0.2, 0.25) is 0 Å². The third-order valence-electron chi connectivity index (χ3n) is 4.24. The van der Waals surface area contributed by atoms with Crippen LogP contribution in [0.25, 0.3) is 0 Å². The Kier molecular flexibility index (Phi) is 4.36. The molecule has 0 saturated carbocycles. The molecule has 2 nitrogen and oxygen atoms in total. The van der Waals surface area contributed by atoms with Gasteiger partial charge < -0.3 is 9.84 Å². The summed E-state index contributed by atoms with van der Waals surface area (Å²) in [6, 6.07) is 20.9. The van der Waals surface area contributed by atoms with Crippen molar-refractivity contribution in [1.82, 2.24) is 0 Å². The van der Waals surface area contributed by atoms with Gasteiger partial charge in [0.1, 0.15) is 17.2 Å². The van der Waals surface area contributed by atoms with Crippen molar-refractivity contribution in [3.05, 3.63) is 101 Å². The highest BCUT2D eigenvalue weighted by Crippen LogP contribution is 2.37. The van der Waals surface area contributed by atoms with E-state index in [1.165, 1.54) is 12.1 Å². The minimum absolute atomic E-state index is 0.334. The van der Waals surface area contributed by atoms with Gasteiger partial charge >= 0.3 is 0 Å². The third-order valence-corrected chi connectivity index (χ3v) is 4.24. The maximum Gasteiger partial charge on any atom is 0.140 e. The van der Waals surface area contributed by atoms with E-state index in [1.807, 2.05) is 43.3 Å². The number of aryl methyl sites for hydroxylation is 1. The Labute approximate surface area is 141 Å². The molecule has 0 fully saturated rings. The van der Waals surface area contributed by atoms with Crippen molar-refractivity contribution in [3.8, 4) is 5.75 Å². The molecule has 0 saturated heterocycles. The molecule has 0 heterocycles. The third kappa shape index (κ3) is 2.91. The van der Waals surface area contributed by atoms with E-state index in [1.54, 1.807) is 31.4 Å². The monoisotopic (exact) mass is 322 g/mol. The standard InChI is InChI=1S/C21H19FO2/c1-15-3-5-16(6-4-15)21(23,17-7-11-19(22)12-8-17)18-9-13-20(24-2)14-10-18/h3-14,23H,1-2H3/t21-/m1/s1. The lowest BCUT2D eigenvalue weighted by Crippen LogP contribution is -2.28. The van der Waals surface area contributed by atoms with Crippen LogP contribution >= 0.6 is 0 Å². The van der Waals surface area contributed by atoms with Crippen LogP contribution in [0.2, 0.25) is 0 Å². The minimum Gasteiger partial charge on any atom is -0.497 e. The fourth-order valence-electron chi connectivity index (χ4n) is 2.82. The van der Waals surface area contributed by atoms with Crippen LogP contribution in [0, 0.1) is 12.7 Å². The summed E-state index contributed by atoms with van der Waals surface area (Å²) in [6.07, 6.45) is 0. The fraction of sp³-hybridized carbons (Fsp3) is 0.143. The van der Waals surface area contributed by atoms with E-state index in [4.69, 9.17) is 4.74 Å². The quantitative estimate of drug-likeness (QED) is 0.720. The summed E-state index contributed by atoms with van der Waals surface area (Å²) in [5, 5.41) is 11.6. The van der Waals surface area contributed by atoms with Crippen molar-refractivity contribution >= 4 is 0 Å². The van der Waals surface area contributed by atoms with E-state index < -0.39 is 5.60 Å². The lowest BCUT2D eigenvalue weighted by atomic mass is 9.80. The van der Waals surface area contributed by atoms with E-state index in [9.17, 15) is 9.50 Å². The zero-order chi connectivity index (χ0) is 17.2. The Morgan fingerprint density at radius 1 is 0.750 bits per heavy atom. The normalized spacial score (nSPS) is 13.3. The van der Waals surface area contributed by atoms with Gasteiger partial charge in [-0.05, 0) is 47.9 Å². The SMILES string of the molecule is COc1ccc([C@@](O)(c2ccc(C)cc2)c2ccc(F)cc2)cc1. The van der Waals surface area contributed by atoms with Gasteiger partial charge in [-0.3, -0.25) is 0 Å². The van der Waals surface area contributed by atoms with Crippen LogP contribution in [0.15, 0.2) is 72.8 Å². The van der Waals surface area contributed by atoms with Gasteiger partial charge in [0.15, 0.2) is 0 Å². The first-order chi connectivity index (χ1) is 11.5. The molecule has 0 aromatic heterocycles. The summed E-state index contributed by atoms with van der Waals surface area (Å²) in [4.78, 5) is 0. The van der Waals surface area contributed by atoms with Gasteiger partial charge in [0, 0.05) is 0 Å². The first kappa shape index (κ1) is 16.2. The Bertz CT molecular complexity index is 760. The molecule has 1 atom stereocenters. The van der Waals surface area contributed by atoms with Gasteiger partial charge in [-0.1, -0.05) is 54.1 Å². The van der Waals surface area contributed by atoms with Crippen LogP contribution < -0.4 is 4.74 Å². The molecule has 1 N–H and O–H groups in total. The first-order valence-corrected chi connectivity index (χ1v) is 7.74. The smallest absolute Gasteiger partial charge is 0.140 e. The summed E-state index contributed by atoms with van der Waals surface area (Å²) < 4.78 is 18.5. The number of ether oxygens (including phenoxy) is 1. The molecular weight excluding hydrogens is 303 g/mol. The van der Waals surface area contributed by atoms with E-state index in [0.717, 1.165) is 11.1 Å². The van der Waals surface area contributed by atoms with Crippen molar-refractivity contribution < 1.29 is 14.2 Å². The zero-order valence-electron chi connectivity index (χ0n) is 13.7. The lowest BCUT2D eigenvalue weighted by Gasteiger charge is -2.30. The van der Waals surface area contributed by atoms with Crippen molar-refractivity contribution in [2.24, 2.45) is 0 Å². The van der Waals surface area contributed by atoms with Crippen molar-refractivity contribution in [1.29, 1.82) is 0 Å². The Morgan fingerprint density at radius 3 is 1.62 bits per heavy atom. The van der Waals surface area contributed by atoms with E-state index in [2.05, 4.69) is 0 Å². The van der Waals surface area contributed by atoms with Gasteiger partial charge in [-0.2, -0.15) is 0 Å². The predicted molar refractivity (Wildman–Crippen MR) is 92.7 cm³/mol. The summed E-state index contributed by atoms with van der Waals surface area (Å²) >= 11 is 0. The number of benzene rings is 3. The van der Waals surface area contributed by atoms with Crippen molar-refractivity contribution in [2.45, 2.75) is 12.5 Å². The molecule has 0 spiro atoms. The Hall–Kier alpha value is -2.65. The second kappa shape index (κ2) is 6.46. The van der Waals surface area contributed by atoms with Crippen LogP contribution in [-0.2, 0) is 5.60 Å². The molecule has 122 valence electrons. The van der Waals surface area contributed by atoms with Crippen molar-refractivity contribution in [2.75, 3.05) is 7.11 Å². The van der Waals surface area contributed by atoms with Crippen LogP contribution in [-0.4, -0.2) is 12.2 Å². The number of hydrogen-bond donors (Lipinski definition) is 1. The molecule has 0 aliphatic heterocycles. The summed E-state index contributed by atoms with van der Waals surface area (Å²) in [5.74, 6) is 0.379. The second-order valence-electron chi connectivity index (χ2n) is 5.81. The number of methoxy groups -OCH3 is 1. The number of rotatable bonds is 4. The highest BCUT2D eigenvalue weighted by molar-refractivity contribution is 5.48. The molecular formula is C21H19FO2. The van der Waals surface area contributed by atoms with Gasteiger partial charge in [-0.25, -0.2) is 4.39 Å². The molecule has 3 aromatic carbocycles.